The van der Waals surface area contributed by atoms with Crippen LogP contribution >= 0.6 is 0 Å². The zero-order valence-corrected chi connectivity index (χ0v) is 18.7. The number of carbonyl (C=O) groups excluding carboxylic acids is 2. The molecule has 0 aliphatic heterocycles. The first-order valence-corrected chi connectivity index (χ1v) is 6.29. The zero-order chi connectivity index (χ0) is 14.7. The number of carbonyl (C=O) groups is 2. The number of oxime groups is 2. The van der Waals surface area contributed by atoms with Gasteiger partial charge >= 0.3 is 103 Å². The molecule has 4 aliphatic carbocycles. The first-order valence-electron chi connectivity index (χ1n) is 6.29. The fourth-order valence-corrected chi connectivity index (χ4v) is 4.47. The molecule has 4 aliphatic rings. The Kier molecular flexibility index (Phi) is 6.92. The van der Waals surface area contributed by atoms with Gasteiger partial charge in [-0.1, -0.05) is 10.3 Å². The second-order valence-corrected chi connectivity index (χ2v) is 5.92. The molecular formula is C12H12K2N2O6. The van der Waals surface area contributed by atoms with E-state index in [0.717, 1.165) is 0 Å². The third-order valence-electron chi connectivity index (χ3n) is 5.11. The first-order chi connectivity index (χ1) is 9.41. The van der Waals surface area contributed by atoms with Crippen molar-refractivity contribution in [2.75, 3.05) is 0 Å². The summed E-state index contributed by atoms with van der Waals surface area (Å²) in [6, 6.07) is 0. The Bertz CT molecular complexity index is 532. The molecule has 0 saturated heterocycles. The maximum absolute atomic E-state index is 11.6. The van der Waals surface area contributed by atoms with Gasteiger partial charge in [-0.05, 0) is 25.7 Å². The van der Waals surface area contributed by atoms with Crippen LogP contribution in [0.5, 0.6) is 0 Å². The summed E-state index contributed by atoms with van der Waals surface area (Å²) in [6.45, 7) is 0. The third-order valence-corrected chi connectivity index (χ3v) is 5.11. The minimum atomic E-state index is -1.62. The van der Waals surface area contributed by atoms with Gasteiger partial charge in [0, 0.05) is 11.8 Å². The van der Waals surface area contributed by atoms with Crippen molar-refractivity contribution in [2.24, 2.45) is 33.0 Å². The van der Waals surface area contributed by atoms with Crippen LogP contribution < -0.4 is 113 Å². The van der Waals surface area contributed by atoms with Crippen molar-refractivity contribution in [1.29, 1.82) is 0 Å². The second-order valence-electron chi connectivity index (χ2n) is 5.92. The molecule has 0 aromatic rings. The molecule has 4 saturated carbocycles. The van der Waals surface area contributed by atoms with Gasteiger partial charge in [0.15, 0.2) is 0 Å². The summed E-state index contributed by atoms with van der Waals surface area (Å²) in [5, 5.41) is 47.6. The smallest absolute Gasteiger partial charge is 0.549 e. The number of nitrogens with zero attached hydrogens (tertiary/aromatic N) is 2. The Morgan fingerprint density at radius 1 is 0.955 bits per heavy atom. The maximum Gasteiger partial charge on any atom is 1.00 e. The number of carboxylic acids is 2. The average molecular weight is 358 g/mol. The summed E-state index contributed by atoms with van der Waals surface area (Å²) in [5.74, 6) is -3.87. The normalized spacial score (nSPS) is 41.8. The molecule has 0 aromatic carbocycles. The SMILES string of the molecule is O=C([O-])C12CC3CC(CC(C(=O)[O-])(C1)/C3=N/O)/C2=N/O.[K+].[K+]. The topological polar surface area (TPSA) is 145 Å². The Labute approximate surface area is 211 Å². The van der Waals surface area contributed by atoms with Crippen LogP contribution in [0.25, 0.3) is 0 Å². The van der Waals surface area contributed by atoms with Gasteiger partial charge in [-0.3, -0.25) is 0 Å². The Morgan fingerprint density at radius 3 is 1.59 bits per heavy atom. The van der Waals surface area contributed by atoms with E-state index in [1.54, 1.807) is 0 Å². The summed E-state index contributed by atoms with van der Waals surface area (Å²) in [7, 11) is 0. The van der Waals surface area contributed by atoms with Gasteiger partial charge in [-0.15, -0.1) is 0 Å². The van der Waals surface area contributed by atoms with Crippen molar-refractivity contribution in [2.45, 2.75) is 25.7 Å². The molecule has 108 valence electrons. The minimum absolute atomic E-state index is 0. The van der Waals surface area contributed by atoms with Crippen molar-refractivity contribution < 1.29 is 133 Å². The van der Waals surface area contributed by atoms with Crippen LogP contribution in [-0.4, -0.2) is 33.8 Å². The van der Waals surface area contributed by atoms with Crippen molar-refractivity contribution >= 4 is 23.4 Å². The fraction of sp³-hybridized carbons (Fsp3) is 0.667. The number of rotatable bonds is 2. The summed E-state index contributed by atoms with van der Waals surface area (Å²) < 4.78 is 0. The van der Waals surface area contributed by atoms with Gasteiger partial charge in [-0.25, -0.2) is 0 Å². The number of hydrogen-bond donors (Lipinski definition) is 2. The van der Waals surface area contributed by atoms with E-state index in [1.807, 2.05) is 0 Å². The van der Waals surface area contributed by atoms with E-state index in [2.05, 4.69) is 10.3 Å². The van der Waals surface area contributed by atoms with E-state index in [-0.39, 0.29) is 133 Å². The molecule has 8 nitrogen and oxygen atoms in total. The van der Waals surface area contributed by atoms with Crippen LogP contribution in [0.15, 0.2) is 10.3 Å². The molecule has 10 heteroatoms. The molecule has 2 N–H and O–H groups in total. The Hall–Kier alpha value is 1.15. The number of hydrogen-bond acceptors (Lipinski definition) is 8. The molecule has 4 bridgehead atoms. The van der Waals surface area contributed by atoms with E-state index in [9.17, 15) is 19.8 Å². The van der Waals surface area contributed by atoms with Gasteiger partial charge in [0.2, 0.25) is 0 Å². The largest absolute Gasteiger partial charge is 1.00 e. The average Bonchev–Trinajstić information content (AvgIpc) is 2.37. The molecule has 4 unspecified atom stereocenters. The van der Waals surface area contributed by atoms with Crippen LogP contribution in [0, 0.1) is 22.7 Å². The molecule has 0 radical (unpaired) electrons. The summed E-state index contributed by atoms with van der Waals surface area (Å²) in [4.78, 5) is 23.1. The fourth-order valence-electron chi connectivity index (χ4n) is 4.47. The summed E-state index contributed by atoms with van der Waals surface area (Å²) in [5.41, 5.74) is -3.09. The van der Waals surface area contributed by atoms with Gasteiger partial charge in [0.05, 0.1) is 34.2 Å². The van der Waals surface area contributed by atoms with Crippen LogP contribution in [0.1, 0.15) is 25.7 Å². The van der Waals surface area contributed by atoms with E-state index in [4.69, 9.17) is 10.4 Å². The molecule has 4 atom stereocenters. The van der Waals surface area contributed by atoms with Crippen LogP contribution in [0.4, 0.5) is 0 Å². The third kappa shape index (κ3) is 2.63. The maximum atomic E-state index is 11.6. The van der Waals surface area contributed by atoms with Crippen LogP contribution in [-0.2, 0) is 9.59 Å². The van der Waals surface area contributed by atoms with E-state index >= 15 is 0 Å². The van der Waals surface area contributed by atoms with Crippen molar-refractivity contribution in [3.05, 3.63) is 0 Å². The van der Waals surface area contributed by atoms with Gasteiger partial charge in [-0.2, -0.15) is 0 Å². The zero-order valence-electron chi connectivity index (χ0n) is 12.4. The Balaban J connectivity index is 0.00000121. The molecular weight excluding hydrogens is 346 g/mol. The number of aliphatic carboxylic acids is 2. The molecule has 4 fully saturated rings. The quantitative estimate of drug-likeness (QED) is 0.285. The van der Waals surface area contributed by atoms with E-state index in [1.165, 1.54) is 0 Å². The van der Waals surface area contributed by atoms with Crippen LogP contribution in [0.3, 0.4) is 0 Å². The predicted molar refractivity (Wildman–Crippen MR) is 58.8 cm³/mol. The van der Waals surface area contributed by atoms with Crippen molar-refractivity contribution in [3.8, 4) is 0 Å². The van der Waals surface area contributed by atoms with Crippen LogP contribution in [0.2, 0.25) is 0 Å². The second kappa shape index (κ2) is 7.18. The van der Waals surface area contributed by atoms with Gasteiger partial charge in [0.1, 0.15) is 0 Å². The molecule has 22 heavy (non-hydrogen) atoms. The van der Waals surface area contributed by atoms with Gasteiger partial charge in [0.25, 0.3) is 0 Å². The molecule has 0 heterocycles. The monoisotopic (exact) mass is 358 g/mol. The van der Waals surface area contributed by atoms with E-state index < -0.39 is 34.6 Å². The molecule has 0 spiro atoms. The Morgan fingerprint density at radius 2 is 1.32 bits per heavy atom. The first kappa shape index (κ1) is 21.2. The van der Waals surface area contributed by atoms with Gasteiger partial charge < -0.3 is 30.2 Å². The number of carboxylic acid groups (broad SMARTS) is 2. The predicted octanol–water partition coefficient (Wildman–Crippen LogP) is -8.04. The molecule has 0 aromatic heterocycles. The minimum Gasteiger partial charge on any atom is -0.549 e. The summed E-state index contributed by atoms with van der Waals surface area (Å²) in [6.07, 6.45) is 0.110. The van der Waals surface area contributed by atoms with E-state index in [0.29, 0.717) is 6.42 Å². The van der Waals surface area contributed by atoms with Crippen molar-refractivity contribution in [1.82, 2.24) is 0 Å². The van der Waals surface area contributed by atoms with Crippen molar-refractivity contribution in [3.63, 3.8) is 0 Å². The summed E-state index contributed by atoms with van der Waals surface area (Å²) >= 11 is 0. The standard InChI is InChI=1S/C12H14N2O6.2K/c15-9(16)11-2-5-1-6(8(11)14-20)3-12(4-11,10(17)18)7(5)13-19;;/h5-6,19-20H,1-4H2,(H,15,16)(H,17,18);;/q;2*+1/p-2/b13-7-,14-8+;;. The molecule has 0 amide bonds. The molecule has 4 rings (SSSR count).